The van der Waals surface area contributed by atoms with Gasteiger partial charge in [0.25, 0.3) is 0 Å². The van der Waals surface area contributed by atoms with Crippen molar-refractivity contribution < 1.29 is 4.79 Å². The summed E-state index contributed by atoms with van der Waals surface area (Å²) in [6.45, 7) is 0.636. The number of thioether (sulfide) groups is 1. The lowest BCUT2D eigenvalue weighted by molar-refractivity contribution is -0.120. The van der Waals surface area contributed by atoms with Crippen LogP contribution in [0.2, 0.25) is 0 Å². The average molecular weight is 279 g/mol. The molecule has 0 bridgehead atoms. The van der Waals surface area contributed by atoms with Crippen LogP contribution >= 0.6 is 24.4 Å². The number of rotatable bonds is 7. The number of thiol groups is 1. The van der Waals surface area contributed by atoms with Crippen LogP contribution < -0.4 is 5.32 Å². The van der Waals surface area contributed by atoms with E-state index in [9.17, 15) is 4.79 Å². The van der Waals surface area contributed by atoms with E-state index in [0.29, 0.717) is 18.7 Å². The maximum atomic E-state index is 11.7. The third kappa shape index (κ3) is 6.04. The van der Waals surface area contributed by atoms with E-state index in [-0.39, 0.29) is 11.2 Å². The second-order valence-corrected chi connectivity index (χ2v) is 5.48. The summed E-state index contributed by atoms with van der Waals surface area (Å²) in [5.41, 5.74) is 1.12. The molecular formula is C14H17NOS2. The summed E-state index contributed by atoms with van der Waals surface area (Å²) in [5, 5.41) is 2.56. The maximum absolute atomic E-state index is 11.7. The zero-order valence-electron chi connectivity index (χ0n) is 10.1. The van der Waals surface area contributed by atoms with Crippen molar-refractivity contribution in [3.63, 3.8) is 0 Å². The second-order valence-electron chi connectivity index (χ2n) is 3.75. The summed E-state index contributed by atoms with van der Waals surface area (Å²) in [6.07, 6.45) is 5.78. The molecule has 0 radical (unpaired) electrons. The van der Waals surface area contributed by atoms with Gasteiger partial charge >= 0.3 is 0 Å². The zero-order chi connectivity index (χ0) is 13.2. The summed E-state index contributed by atoms with van der Waals surface area (Å²) in [6, 6.07) is 9.88. The lowest BCUT2D eigenvalue weighted by atomic mass is 10.1. The smallest absolute Gasteiger partial charge is 0.233 e. The molecule has 1 rings (SSSR count). The number of hydrogen-bond acceptors (Lipinski definition) is 3. The van der Waals surface area contributed by atoms with Crippen LogP contribution in [0.3, 0.4) is 0 Å². The van der Waals surface area contributed by atoms with E-state index in [1.165, 1.54) is 0 Å². The molecule has 1 N–H and O–H groups in total. The van der Waals surface area contributed by atoms with Gasteiger partial charge < -0.3 is 5.32 Å². The molecule has 0 heterocycles. The molecule has 0 fully saturated rings. The fourth-order valence-electron chi connectivity index (χ4n) is 1.43. The molecule has 0 aromatic heterocycles. The van der Waals surface area contributed by atoms with Crippen LogP contribution in [-0.2, 0) is 11.2 Å². The van der Waals surface area contributed by atoms with Crippen molar-refractivity contribution in [1.29, 1.82) is 0 Å². The maximum Gasteiger partial charge on any atom is 0.233 e. The number of nitrogens with one attached hydrogen (secondary N) is 1. The van der Waals surface area contributed by atoms with E-state index in [2.05, 4.69) is 23.9 Å². The minimum absolute atomic E-state index is 0.0245. The quantitative estimate of drug-likeness (QED) is 0.454. The van der Waals surface area contributed by atoms with Crippen molar-refractivity contribution in [2.24, 2.45) is 0 Å². The number of carbonyl (C=O) groups excluding carboxylic acids is 1. The first-order chi connectivity index (χ1) is 8.74. The van der Waals surface area contributed by atoms with Gasteiger partial charge in [0.2, 0.25) is 5.91 Å². The van der Waals surface area contributed by atoms with Gasteiger partial charge in [0.05, 0.1) is 11.0 Å². The predicted molar refractivity (Wildman–Crippen MR) is 82.1 cm³/mol. The van der Waals surface area contributed by atoms with Crippen molar-refractivity contribution in [3.05, 3.63) is 35.9 Å². The van der Waals surface area contributed by atoms with E-state index in [4.69, 9.17) is 6.42 Å². The third-order valence-electron chi connectivity index (χ3n) is 2.31. The highest BCUT2D eigenvalue weighted by atomic mass is 32.2. The highest BCUT2D eigenvalue weighted by molar-refractivity contribution is 7.99. The summed E-state index contributed by atoms with van der Waals surface area (Å²) in [7, 11) is 0. The Morgan fingerprint density at radius 1 is 1.44 bits per heavy atom. The molecule has 1 amide bonds. The van der Waals surface area contributed by atoms with Gasteiger partial charge in [-0.15, -0.1) is 18.2 Å². The summed E-state index contributed by atoms with van der Waals surface area (Å²) in [4.78, 5) is 11.7. The molecule has 1 atom stereocenters. The number of carbonyl (C=O) groups is 1. The minimum atomic E-state index is -0.301. The van der Waals surface area contributed by atoms with Gasteiger partial charge in [-0.1, -0.05) is 36.3 Å². The standard InChI is InChI=1S/C14H17NOS2/c1-2-9-18-10-8-15-14(16)13(17)11-12-6-4-3-5-7-12/h1,3-7,13,17H,8-11H2,(H,15,16). The average Bonchev–Trinajstić information content (AvgIpc) is 2.39. The van der Waals surface area contributed by atoms with E-state index in [0.717, 1.165) is 11.3 Å². The van der Waals surface area contributed by atoms with Gasteiger partial charge in [-0.2, -0.15) is 12.6 Å². The highest BCUT2D eigenvalue weighted by Crippen LogP contribution is 2.07. The Morgan fingerprint density at radius 2 is 2.17 bits per heavy atom. The topological polar surface area (TPSA) is 29.1 Å². The third-order valence-corrected chi connectivity index (χ3v) is 3.59. The fourth-order valence-corrected chi connectivity index (χ4v) is 2.24. The Bertz CT molecular complexity index is 400. The fraction of sp³-hybridized carbons (Fsp3) is 0.357. The lowest BCUT2D eigenvalue weighted by Gasteiger charge is -2.11. The molecule has 4 heteroatoms. The van der Waals surface area contributed by atoms with Crippen molar-refractivity contribution in [2.45, 2.75) is 11.7 Å². The monoisotopic (exact) mass is 279 g/mol. The molecule has 0 saturated heterocycles. The van der Waals surface area contributed by atoms with E-state index < -0.39 is 0 Å². The number of amides is 1. The minimum Gasteiger partial charge on any atom is -0.354 e. The van der Waals surface area contributed by atoms with E-state index in [1.54, 1.807) is 11.8 Å². The number of benzene rings is 1. The molecule has 0 aliphatic heterocycles. The largest absolute Gasteiger partial charge is 0.354 e. The Kier molecular flexibility index (Phi) is 7.47. The van der Waals surface area contributed by atoms with Crippen LogP contribution in [0.1, 0.15) is 5.56 Å². The Labute approximate surface area is 118 Å². The molecule has 96 valence electrons. The van der Waals surface area contributed by atoms with Gasteiger partial charge in [-0.25, -0.2) is 0 Å². The first kappa shape index (κ1) is 15.0. The first-order valence-electron chi connectivity index (χ1n) is 5.75. The van der Waals surface area contributed by atoms with Crippen LogP contribution in [0.25, 0.3) is 0 Å². The van der Waals surface area contributed by atoms with Gasteiger partial charge in [0.1, 0.15) is 0 Å². The summed E-state index contributed by atoms with van der Waals surface area (Å²) in [5.74, 6) is 4.04. The molecule has 0 saturated carbocycles. The molecule has 1 aromatic rings. The lowest BCUT2D eigenvalue weighted by Crippen LogP contribution is -2.34. The van der Waals surface area contributed by atoms with Crippen LogP contribution in [-0.4, -0.2) is 29.2 Å². The van der Waals surface area contributed by atoms with Crippen molar-refractivity contribution in [3.8, 4) is 12.3 Å². The van der Waals surface area contributed by atoms with E-state index in [1.807, 2.05) is 30.3 Å². The second kappa shape index (κ2) is 8.96. The molecule has 18 heavy (non-hydrogen) atoms. The molecule has 2 nitrogen and oxygen atoms in total. The van der Waals surface area contributed by atoms with Gasteiger partial charge in [-0.3, -0.25) is 4.79 Å². The number of hydrogen-bond donors (Lipinski definition) is 2. The normalized spacial score (nSPS) is 11.6. The molecule has 0 spiro atoms. The van der Waals surface area contributed by atoms with Crippen molar-refractivity contribution >= 4 is 30.3 Å². The van der Waals surface area contributed by atoms with Crippen LogP contribution in [0, 0.1) is 12.3 Å². The molecule has 1 unspecified atom stereocenters. The van der Waals surface area contributed by atoms with Gasteiger partial charge in [0.15, 0.2) is 0 Å². The molecule has 0 aliphatic carbocycles. The SMILES string of the molecule is C#CCSCCNC(=O)C(S)Cc1ccccc1. The Morgan fingerprint density at radius 3 is 2.83 bits per heavy atom. The van der Waals surface area contributed by atoms with Crippen LogP contribution in [0.15, 0.2) is 30.3 Å². The Balaban J connectivity index is 2.23. The summed E-state index contributed by atoms with van der Waals surface area (Å²) < 4.78 is 0. The summed E-state index contributed by atoms with van der Waals surface area (Å²) >= 11 is 5.96. The zero-order valence-corrected chi connectivity index (χ0v) is 11.8. The molecule has 1 aromatic carbocycles. The Hall–Kier alpha value is -1.05. The van der Waals surface area contributed by atoms with Gasteiger partial charge in [0, 0.05) is 12.3 Å². The highest BCUT2D eigenvalue weighted by Gasteiger charge is 2.13. The predicted octanol–water partition coefficient (Wildman–Crippen LogP) is 2.01. The van der Waals surface area contributed by atoms with Gasteiger partial charge in [-0.05, 0) is 12.0 Å². The van der Waals surface area contributed by atoms with Crippen molar-refractivity contribution in [2.75, 3.05) is 18.1 Å². The van der Waals surface area contributed by atoms with Crippen LogP contribution in [0.4, 0.5) is 0 Å². The first-order valence-corrected chi connectivity index (χ1v) is 7.42. The van der Waals surface area contributed by atoms with Crippen molar-refractivity contribution in [1.82, 2.24) is 5.32 Å². The van der Waals surface area contributed by atoms with E-state index >= 15 is 0 Å². The number of terminal acetylenes is 1. The molecule has 0 aliphatic rings. The van der Waals surface area contributed by atoms with Crippen LogP contribution in [0.5, 0.6) is 0 Å². The molecular weight excluding hydrogens is 262 g/mol.